The standard InChI is InChI=1S/C42H77N3O8S/c1-3-5-7-9-11-13-15-17-19-21-23-25-27-29-38(47)45(33-39(48)49)41(51)36(44-37(46)32-31-35(43)42(52)53)34-54-40(50)30-28-26-24-22-20-18-16-14-12-10-8-6-4-2/h35-36H,3-34,43H2,1-2H3,(H,44,46)(H,48,49)(H,52,53)/t35-,36-/m0/s1. The maximum Gasteiger partial charge on any atom is 0.323 e. The summed E-state index contributed by atoms with van der Waals surface area (Å²) in [5.74, 6) is -5.01. The summed E-state index contributed by atoms with van der Waals surface area (Å²) in [4.78, 5) is 75.7. The number of nitrogens with zero attached hydrogens (tertiary/aromatic N) is 1. The third kappa shape index (κ3) is 30.8. The Hall–Kier alpha value is -2.47. The summed E-state index contributed by atoms with van der Waals surface area (Å²) in [5.41, 5.74) is 5.53. The number of carboxylic acids is 2. The number of amides is 3. The van der Waals surface area contributed by atoms with Crippen molar-refractivity contribution in [1.29, 1.82) is 0 Å². The van der Waals surface area contributed by atoms with Gasteiger partial charge in [0.2, 0.25) is 11.8 Å². The lowest BCUT2D eigenvalue weighted by Gasteiger charge is -2.25. The summed E-state index contributed by atoms with van der Waals surface area (Å²) < 4.78 is 0. The first kappa shape index (κ1) is 51.5. The van der Waals surface area contributed by atoms with Crippen LogP contribution in [-0.4, -0.2) is 74.3 Å². The van der Waals surface area contributed by atoms with Gasteiger partial charge in [0.15, 0.2) is 5.12 Å². The Morgan fingerprint density at radius 1 is 0.574 bits per heavy atom. The molecule has 0 aliphatic rings. The molecule has 0 unspecified atom stereocenters. The topological polar surface area (TPSA) is 184 Å². The van der Waals surface area contributed by atoms with Crippen LogP contribution in [0.5, 0.6) is 0 Å². The van der Waals surface area contributed by atoms with E-state index in [9.17, 15) is 33.9 Å². The molecule has 0 saturated heterocycles. The van der Waals surface area contributed by atoms with Crippen molar-refractivity contribution in [3.05, 3.63) is 0 Å². The van der Waals surface area contributed by atoms with Gasteiger partial charge in [-0.15, -0.1) is 0 Å². The lowest BCUT2D eigenvalue weighted by Crippen LogP contribution is -2.53. The van der Waals surface area contributed by atoms with E-state index in [1.807, 2.05) is 0 Å². The molecule has 0 aliphatic carbocycles. The Morgan fingerprint density at radius 3 is 1.35 bits per heavy atom. The highest BCUT2D eigenvalue weighted by Gasteiger charge is 2.32. The Labute approximate surface area is 331 Å². The highest BCUT2D eigenvalue weighted by molar-refractivity contribution is 8.13. The molecule has 0 fully saturated rings. The van der Waals surface area contributed by atoms with E-state index in [-0.39, 0.29) is 30.1 Å². The molecular formula is C42H77N3O8S. The van der Waals surface area contributed by atoms with Gasteiger partial charge in [0.1, 0.15) is 18.6 Å². The fourth-order valence-corrected chi connectivity index (χ4v) is 7.30. The number of thioether (sulfide) groups is 1. The third-order valence-corrected chi connectivity index (χ3v) is 10.9. The number of aliphatic carboxylic acids is 2. The van der Waals surface area contributed by atoms with Gasteiger partial charge in [-0.05, 0) is 19.3 Å². The first-order valence-electron chi connectivity index (χ1n) is 21.5. The van der Waals surface area contributed by atoms with E-state index in [2.05, 4.69) is 19.2 Å². The van der Waals surface area contributed by atoms with Crippen molar-refractivity contribution in [2.24, 2.45) is 5.73 Å². The predicted molar refractivity (Wildman–Crippen MR) is 219 cm³/mol. The molecule has 0 rings (SSSR count). The van der Waals surface area contributed by atoms with Crippen LogP contribution >= 0.6 is 11.8 Å². The largest absolute Gasteiger partial charge is 0.480 e. The van der Waals surface area contributed by atoms with Gasteiger partial charge in [-0.1, -0.05) is 180 Å². The van der Waals surface area contributed by atoms with Gasteiger partial charge in [-0.3, -0.25) is 33.7 Å². The van der Waals surface area contributed by atoms with E-state index in [4.69, 9.17) is 10.8 Å². The molecule has 0 aromatic heterocycles. The van der Waals surface area contributed by atoms with Gasteiger partial charge >= 0.3 is 11.9 Å². The summed E-state index contributed by atoms with van der Waals surface area (Å²) >= 11 is 0.876. The van der Waals surface area contributed by atoms with Crippen molar-refractivity contribution < 1.29 is 39.0 Å². The summed E-state index contributed by atoms with van der Waals surface area (Å²) in [5, 5.41) is 21.0. The monoisotopic (exact) mass is 784 g/mol. The molecule has 0 aliphatic heterocycles. The molecule has 0 heterocycles. The Bertz CT molecular complexity index is 1030. The molecule has 314 valence electrons. The zero-order chi connectivity index (χ0) is 40.2. The molecule has 0 bridgehead atoms. The number of nitrogens with two attached hydrogens (primary N) is 1. The van der Waals surface area contributed by atoms with Crippen LogP contribution < -0.4 is 11.1 Å². The second-order valence-corrected chi connectivity index (χ2v) is 16.1. The molecule has 11 nitrogen and oxygen atoms in total. The fourth-order valence-electron chi connectivity index (χ4n) is 6.43. The maximum absolute atomic E-state index is 13.6. The Morgan fingerprint density at radius 2 is 0.963 bits per heavy atom. The van der Waals surface area contributed by atoms with Gasteiger partial charge in [0.05, 0.1) is 0 Å². The van der Waals surface area contributed by atoms with E-state index in [0.717, 1.165) is 56.7 Å². The third-order valence-electron chi connectivity index (χ3n) is 9.88. The average Bonchev–Trinajstić information content (AvgIpc) is 3.14. The van der Waals surface area contributed by atoms with Gasteiger partial charge in [-0.25, -0.2) is 0 Å². The number of carbonyl (C=O) groups excluding carboxylic acids is 4. The molecule has 12 heteroatoms. The van der Waals surface area contributed by atoms with Gasteiger partial charge in [-0.2, -0.15) is 0 Å². The minimum Gasteiger partial charge on any atom is -0.480 e. The quantitative estimate of drug-likeness (QED) is 0.0440. The van der Waals surface area contributed by atoms with Gasteiger partial charge in [0, 0.05) is 25.0 Å². The molecule has 0 aromatic carbocycles. The highest BCUT2D eigenvalue weighted by Crippen LogP contribution is 2.18. The molecular weight excluding hydrogens is 707 g/mol. The SMILES string of the molecule is CCCCCCCCCCCCCCCC(=O)SC[C@H](NC(=O)CC[C@H](N)C(=O)O)C(=O)N(CC(=O)O)C(=O)CCCCCCCCCCCCCCC. The molecule has 0 radical (unpaired) electrons. The van der Waals surface area contributed by atoms with E-state index < -0.39 is 48.3 Å². The lowest BCUT2D eigenvalue weighted by atomic mass is 10.0. The van der Waals surface area contributed by atoms with Crippen LogP contribution in [0, 0.1) is 0 Å². The van der Waals surface area contributed by atoms with Crippen LogP contribution in [0.4, 0.5) is 0 Å². The summed E-state index contributed by atoms with van der Waals surface area (Å²) in [6.45, 7) is 3.59. The summed E-state index contributed by atoms with van der Waals surface area (Å²) in [7, 11) is 0. The van der Waals surface area contributed by atoms with E-state index in [1.165, 1.54) is 109 Å². The van der Waals surface area contributed by atoms with Crippen LogP contribution in [0.3, 0.4) is 0 Å². The van der Waals surface area contributed by atoms with Crippen LogP contribution in [-0.2, 0) is 28.8 Å². The highest BCUT2D eigenvalue weighted by atomic mass is 32.2. The summed E-state index contributed by atoms with van der Waals surface area (Å²) in [6.07, 6.45) is 29.9. The zero-order valence-corrected chi connectivity index (χ0v) is 34.9. The van der Waals surface area contributed by atoms with Crippen molar-refractivity contribution in [2.75, 3.05) is 12.3 Å². The minimum atomic E-state index is -1.37. The first-order chi connectivity index (χ1) is 26.0. The minimum absolute atomic E-state index is 0.00394. The van der Waals surface area contributed by atoms with Crippen molar-refractivity contribution in [2.45, 2.75) is 219 Å². The number of hydrogen-bond donors (Lipinski definition) is 4. The van der Waals surface area contributed by atoms with E-state index in [0.29, 0.717) is 24.2 Å². The number of hydrogen-bond acceptors (Lipinski definition) is 8. The van der Waals surface area contributed by atoms with Crippen molar-refractivity contribution >= 4 is 46.5 Å². The molecule has 0 spiro atoms. The predicted octanol–water partition coefficient (Wildman–Crippen LogP) is 9.33. The number of nitrogens with one attached hydrogen (secondary N) is 1. The van der Waals surface area contributed by atoms with Crippen LogP contribution in [0.15, 0.2) is 0 Å². The van der Waals surface area contributed by atoms with Gasteiger partial charge in [0.25, 0.3) is 5.91 Å². The molecule has 5 N–H and O–H groups in total. The van der Waals surface area contributed by atoms with Crippen molar-refractivity contribution in [3.8, 4) is 0 Å². The Kier molecular flexibility index (Phi) is 34.5. The number of unbranched alkanes of at least 4 members (excludes halogenated alkanes) is 24. The van der Waals surface area contributed by atoms with Crippen molar-refractivity contribution in [3.63, 3.8) is 0 Å². The summed E-state index contributed by atoms with van der Waals surface area (Å²) in [6, 6.07) is -2.61. The molecule has 54 heavy (non-hydrogen) atoms. The van der Waals surface area contributed by atoms with Crippen LogP contribution in [0.25, 0.3) is 0 Å². The fraction of sp³-hybridized carbons (Fsp3) is 0.857. The number of carboxylic acid groups (broad SMARTS) is 2. The second-order valence-electron chi connectivity index (χ2n) is 15.0. The Balaban J connectivity index is 4.87. The first-order valence-corrected chi connectivity index (χ1v) is 22.5. The lowest BCUT2D eigenvalue weighted by molar-refractivity contribution is -0.153. The van der Waals surface area contributed by atoms with Gasteiger partial charge < -0.3 is 21.3 Å². The van der Waals surface area contributed by atoms with Crippen LogP contribution in [0.1, 0.15) is 206 Å². The normalized spacial score (nSPS) is 12.3. The average molecular weight is 784 g/mol. The molecule has 2 atom stereocenters. The van der Waals surface area contributed by atoms with Crippen LogP contribution in [0.2, 0.25) is 0 Å². The smallest absolute Gasteiger partial charge is 0.323 e. The van der Waals surface area contributed by atoms with Crippen molar-refractivity contribution in [1.82, 2.24) is 10.2 Å². The van der Waals surface area contributed by atoms with E-state index >= 15 is 0 Å². The number of rotatable bonds is 38. The number of imide groups is 1. The maximum atomic E-state index is 13.6. The van der Waals surface area contributed by atoms with E-state index in [1.54, 1.807) is 0 Å². The second kappa shape index (κ2) is 36.2. The number of carbonyl (C=O) groups is 6. The molecule has 0 aromatic rings. The molecule has 0 saturated carbocycles. The molecule has 3 amide bonds. The zero-order valence-electron chi connectivity index (χ0n) is 34.1.